The van der Waals surface area contributed by atoms with E-state index in [1.54, 1.807) is 18.2 Å². The number of aliphatic carboxylic acids is 1. The molecule has 5 nitrogen and oxygen atoms in total. The highest BCUT2D eigenvalue weighted by Crippen LogP contribution is 2.21. The molecule has 0 spiro atoms. The van der Waals surface area contributed by atoms with Crippen LogP contribution >= 0.6 is 15.9 Å². The van der Waals surface area contributed by atoms with Crippen LogP contribution in [0.5, 0.6) is 0 Å². The maximum absolute atomic E-state index is 11.8. The quantitative estimate of drug-likeness (QED) is 0.777. The van der Waals surface area contributed by atoms with Gasteiger partial charge in [-0.15, -0.1) is 0 Å². The summed E-state index contributed by atoms with van der Waals surface area (Å²) in [7, 11) is 0. The highest BCUT2D eigenvalue weighted by atomic mass is 79.9. The largest absolute Gasteiger partial charge is 0.480 e. The van der Waals surface area contributed by atoms with Crippen molar-refractivity contribution in [3.63, 3.8) is 0 Å². The molecule has 0 aliphatic carbocycles. The average molecular weight is 329 g/mol. The summed E-state index contributed by atoms with van der Waals surface area (Å²) in [5, 5.41) is 14.1. The zero-order valence-corrected chi connectivity index (χ0v) is 12.4. The highest BCUT2D eigenvalue weighted by molar-refractivity contribution is 9.10. The van der Waals surface area contributed by atoms with Crippen molar-refractivity contribution >= 4 is 33.6 Å². The van der Waals surface area contributed by atoms with Crippen molar-refractivity contribution < 1.29 is 14.7 Å². The van der Waals surface area contributed by atoms with E-state index in [4.69, 9.17) is 5.11 Å². The van der Waals surface area contributed by atoms with Crippen LogP contribution in [0.3, 0.4) is 0 Å². The van der Waals surface area contributed by atoms with Crippen LogP contribution in [0.4, 0.5) is 10.5 Å². The van der Waals surface area contributed by atoms with Gasteiger partial charge in [0.1, 0.15) is 6.04 Å². The lowest BCUT2D eigenvalue weighted by Gasteiger charge is -2.17. The number of hydrogen-bond acceptors (Lipinski definition) is 2. The third-order valence-electron chi connectivity index (χ3n) is 2.43. The van der Waals surface area contributed by atoms with Gasteiger partial charge in [0.2, 0.25) is 0 Å². The summed E-state index contributed by atoms with van der Waals surface area (Å²) in [6, 6.07) is 5.71. The molecule has 6 heteroatoms. The van der Waals surface area contributed by atoms with Crippen molar-refractivity contribution in [3.05, 3.63) is 28.7 Å². The minimum atomic E-state index is -1.03. The molecule has 0 fully saturated rings. The third-order valence-corrected chi connectivity index (χ3v) is 3.12. The van der Waals surface area contributed by atoms with Crippen LogP contribution in [0.25, 0.3) is 0 Å². The first kappa shape index (κ1) is 15.5. The number of carboxylic acids is 1. The van der Waals surface area contributed by atoms with Gasteiger partial charge in [0, 0.05) is 4.47 Å². The number of carboxylic acid groups (broad SMARTS) is 1. The number of carbonyl (C=O) groups excluding carboxylic acids is 1. The van der Waals surface area contributed by atoms with Gasteiger partial charge in [-0.3, -0.25) is 0 Å². The summed E-state index contributed by atoms with van der Waals surface area (Å²) >= 11 is 3.30. The van der Waals surface area contributed by atoms with Gasteiger partial charge in [-0.2, -0.15) is 0 Å². The van der Waals surface area contributed by atoms with E-state index >= 15 is 0 Å². The fraction of sp³-hybridized carbons (Fsp3) is 0.385. The summed E-state index contributed by atoms with van der Waals surface area (Å²) in [6.07, 6.45) is 0.388. The number of rotatable bonds is 5. The Morgan fingerprint density at radius 1 is 1.32 bits per heavy atom. The number of halogens is 1. The predicted molar refractivity (Wildman–Crippen MR) is 77.2 cm³/mol. The molecule has 0 bridgehead atoms. The summed E-state index contributed by atoms with van der Waals surface area (Å²) in [4.78, 5) is 22.8. The van der Waals surface area contributed by atoms with Gasteiger partial charge >= 0.3 is 12.0 Å². The number of benzene rings is 1. The Hall–Kier alpha value is -1.56. The van der Waals surface area contributed by atoms with E-state index in [1.807, 2.05) is 19.9 Å². The Kier molecular flexibility index (Phi) is 5.82. The Balaban J connectivity index is 2.63. The molecule has 0 aromatic heterocycles. The molecular weight excluding hydrogens is 312 g/mol. The molecule has 0 saturated carbocycles. The first-order valence-electron chi connectivity index (χ1n) is 5.95. The maximum atomic E-state index is 11.8. The van der Waals surface area contributed by atoms with E-state index in [0.717, 1.165) is 4.47 Å². The molecular formula is C13H17BrN2O3. The van der Waals surface area contributed by atoms with E-state index < -0.39 is 18.0 Å². The molecule has 0 radical (unpaired) electrons. The van der Waals surface area contributed by atoms with Crippen molar-refractivity contribution in [1.29, 1.82) is 0 Å². The minimum Gasteiger partial charge on any atom is -0.480 e. The van der Waals surface area contributed by atoms with E-state index in [0.29, 0.717) is 12.1 Å². The van der Waals surface area contributed by atoms with Crippen molar-refractivity contribution in [1.82, 2.24) is 5.32 Å². The van der Waals surface area contributed by atoms with Crippen LogP contribution < -0.4 is 10.6 Å². The Bertz CT molecular complexity index is 463. The van der Waals surface area contributed by atoms with Crippen molar-refractivity contribution in [2.24, 2.45) is 5.92 Å². The summed E-state index contributed by atoms with van der Waals surface area (Å²) in [5.41, 5.74) is 0.591. The number of hydrogen-bond donors (Lipinski definition) is 3. The Morgan fingerprint density at radius 3 is 2.47 bits per heavy atom. The summed E-state index contributed by atoms with van der Waals surface area (Å²) < 4.78 is 0.737. The zero-order valence-electron chi connectivity index (χ0n) is 10.8. The number of anilines is 1. The van der Waals surface area contributed by atoms with Crippen LogP contribution in [0.15, 0.2) is 28.7 Å². The Morgan fingerprint density at radius 2 is 1.95 bits per heavy atom. The van der Waals surface area contributed by atoms with E-state index in [9.17, 15) is 9.59 Å². The minimum absolute atomic E-state index is 0.185. The van der Waals surface area contributed by atoms with Crippen molar-refractivity contribution in [2.45, 2.75) is 26.3 Å². The maximum Gasteiger partial charge on any atom is 0.326 e. The molecule has 2 amide bonds. The van der Waals surface area contributed by atoms with Gasteiger partial charge in [0.25, 0.3) is 0 Å². The van der Waals surface area contributed by atoms with Gasteiger partial charge in [-0.05, 0) is 40.4 Å². The number of amides is 2. The molecule has 1 unspecified atom stereocenters. The first-order valence-corrected chi connectivity index (χ1v) is 6.74. The summed E-state index contributed by atoms with van der Waals surface area (Å²) in [6.45, 7) is 3.81. The lowest BCUT2D eigenvalue weighted by molar-refractivity contribution is -0.139. The number of urea groups is 1. The standard InChI is InChI=1S/C13H17BrN2O3/c1-8(2)7-11(12(17)18)16-13(19)15-10-6-4-3-5-9(10)14/h3-6,8,11H,7H2,1-2H3,(H,17,18)(H2,15,16,19). The van der Waals surface area contributed by atoms with Crippen molar-refractivity contribution in [2.75, 3.05) is 5.32 Å². The molecule has 1 atom stereocenters. The summed E-state index contributed by atoms with van der Waals surface area (Å²) in [5.74, 6) is -0.846. The van der Waals surface area contributed by atoms with Crippen LogP contribution in [0.2, 0.25) is 0 Å². The normalized spacial score (nSPS) is 12.0. The fourth-order valence-corrected chi connectivity index (χ4v) is 1.96. The predicted octanol–water partition coefficient (Wildman–Crippen LogP) is 3.07. The lowest BCUT2D eigenvalue weighted by Crippen LogP contribution is -2.43. The van der Waals surface area contributed by atoms with Gasteiger partial charge in [-0.25, -0.2) is 9.59 Å². The van der Waals surface area contributed by atoms with Gasteiger partial charge in [0.15, 0.2) is 0 Å². The number of para-hydroxylation sites is 1. The number of carbonyl (C=O) groups is 2. The Labute approximate surface area is 120 Å². The topological polar surface area (TPSA) is 78.4 Å². The van der Waals surface area contributed by atoms with Gasteiger partial charge in [-0.1, -0.05) is 26.0 Å². The molecule has 0 aliphatic heterocycles. The number of nitrogens with one attached hydrogen (secondary N) is 2. The average Bonchev–Trinajstić information content (AvgIpc) is 2.30. The van der Waals surface area contributed by atoms with E-state index in [1.165, 1.54) is 0 Å². The fourth-order valence-electron chi connectivity index (χ4n) is 1.57. The van der Waals surface area contributed by atoms with Crippen LogP contribution in [0, 0.1) is 5.92 Å². The molecule has 1 aromatic carbocycles. The van der Waals surface area contributed by atoms with Crippen LogP contribution in [0.1, 0.15) is 20.3 Å². The highest BCUT2D eigenvalue weighted by Gasteiger charge is 2.21. The van der Waals surface area contributed by atoms with E-state index in [-0.39, 0.29) is 5.92 Å². The lowest BCUT2D eigenvalue weighted by atomic mass is 10.0. The third kappa shape index (κ3) is 5.30. The van der Waals surface area contributed by atoms with Crippen LogP contribution in [-0.4, -0.2) is 23.1 Å². The molecule has 1 rings (SSSR count). The zero-order chi connectivity index (χ0) is 14.4. The second-order valence-corrected chi connectivity index (χ2v) is 5.45. The smallest absolute Gasteiger partial charge is 0.326 e. The first-order chi connectivity index (χ1) is 8.90. The molecule has 0 heterocycles. The van der Waals surface area contributed by atoms with Crippen LogP contribution in [-0.2, 0) is 4.79 Å². The molecule has 19 heavy (non-hydrogen) atoms. The van der Waals surface area contributed by atoms with Crippen molar-refractivity contribution in [3.8, 4) is 0 Å². The second-order valence-electron chi connectivity index (χ2n) is 4.60. The van der Waals surface area contributed by atoms with Gasteiger partial charge in [0.05, 0.1) is 5.69 Å². The molecule has 0 saturated heterocycles. The monoisotopic (exact) mass is 328 g/mol. The molecule has 1 aromatic rings. The SMILES string of the molecule is CC(C)CC(NC(=O)Nc1ccccc1Br)C(=O)O. The van der Waals surface area contributed by atoms with Gasteiger partial charge < -0.3 is 15.7 Å². The molecule has 0 aliphatic rings. The van der Waals surface area contributed by atoms with E-state index in [2.05, 4.69) is 26.6 Å². The molecule has 3 N–H and O–H groups in total. The second kappa shape index (κ2) is 7.13. The molecule has 104 valence electrons.